The van der Waals surface area contributed by atoms with Crippen molar-refractivity contribution in [3.05, 3.63) is 59.7 Å². The summed E-state index contributed by atoms with van der Waals surface area (Å²) in [7, 11) is 0. The summed E-state index contributed by atoms with van der Waals surface area (Å²) < 4.78 is 11.4. The van der Waals surface area contributed by atoms with Crippen molar-refractivity contribution in [3.63, 3.8) is 0 Å². The first-order chi connectivity index (χ1) is 18.5. The Morgan fingerprint density at radius 3 is 2.05 bits per heavy atom. The Kier molecular flexibility index (Phi) is 7.08. The third-order valence-corrected chi connectivity index (χ3v) is 8.37. The molecule has 2 aliphatic carbocycles. The summed E-state index contributed by atoms with van der Waals surface area (Å²) >= 11 is 0. The van der Waals surface area contributed by atoms with Gasteiger partial charge >= 0.3 is 18.2 Å². The highest BCUT2D eigenvalue weighted by molar-refractivity contribution is 5.87. The number of hydrogen-bond acceptors (Lipinski definition) is 5. The number of aliphatic carboxylic acids is 1. The van der Waals surface area contributed by atoms with Gasteiger partial charge in [0.05, 0.1) is 6.54 Å². The Morgan fingerprint density at radius 2 is 1.51 bits per heavy atom. The van der Waals surface area contributed by atoms with Crippen LogP contribution in [0.3, 0.4) is 0 Å². The number of carboxylic acid groups (broad SMARTS) is 1. The Bertz CT molecular complexity index is 1210. The number of hydrogen-bond donors (Lipinski definition) is 2. The van der Waals surface area contributed by atoms with Crippen LogP contribution in [0.5, 0.6) is 0 Å². The van der Waals surface area contributed by atoms with Crippen molar-refractivity contribution in [1.29, 1.82) is 0 Å². The molecule has 3 aliphatic rings. The largest absolute Gasteiger partial charge is 0.479 e. The molecule has 1 saturated heterocycles. The summed E-state index contributed by atoms with van der Waals surface area (Å²) in [5, 5.41) is 13.1. The fraction of sp³-hybridized carbons (Fsp3) is 0.516. The number of amides is 2. The van der Waals surface area contributed by atoms with Crippen molar-refractivity contribution in [1.82, 2.24) is 10.2 Å². The summed E-state index contributed by atoms with van der Waals surface area (Å²) in [6.45, 7) is 5.29. The molecule has 2 fully saturated rings. The summed E-state index contributed by atoms with van der Waals surface area (Å²) in [5.74, 6) is -1.32. The van der Waals surface area contributed by atoms with E-state index in [1.165, 1.54) is 0 Å². The van der Waals surface area contributed by atoms with Gasteiger partial charge in [-0.2, -0.15) is 0 Å². The van der Waals surface area contributed by atoms with Crippen LogP contribution in [0.4, 0.5) is 9.59 Å². The highest BCUT2D eigenvalue weighted by Gasteiger charge is 2.60. The van der Waals surface area contributed by atoms with Gasteiger partial charge in [-0.3, -0.25) is 4.90 Å². The second kappa shape index (κ2) is 10.2. The van der Waals surface area contributed by atoms with Crippen molar-refractivity contribution in [2.24, 2.45) is 0 Å². The smallest absolute Gasteiger partial charge is 0.410 e. The maximum atomic E-state index is 13.3. The fourth-order valence-electron chi connectivity index (χ4n) is 6.67. The number of nitrogens with one attached hydrogen (secondary N) is 1. The van der Waals surface area contributed by atoms with Gasteiger partial charge in [0.15, 0.2) is 5.54 Å². The number of carbonyl (C=O) groups excluding carboxylic acids is 2. The van der Waals surface area contributed by atoms with Crippen LogP contribution in [0.1, 0.15) is 82.8 Å². The molecule has 2 aromatic rings. The Balaban J connectivity index is 1.36. The van der Waals surface area contributed by atoms with Crippen molar-refractivity contribution < 1.29 is 29.0 Å². The highest BCUT2D eigenvalue weighted by Crippen LogP contribution is 2.46. The molecule has 39 heavy (non-hydrogen) atoms. The molecule has 5 rings (SSSR count). The normalized spacial score (nSPS) is 22.1. The van der Waals surface area contributed by atoms with E-state index in [2.05, 4.69) is 17.4 Å². The average molecular weight is 535 g/mol. The van der Waals surface area contributed by atoms with Gasteiger partial charge in [0.25, 0.3) is 0 Å². The zero-order valence-electron chi connectivity index (χ0n) is 23.0. The van der Waals surface area contributed by atoms with Gasteiger partial charge < -0.3 is 19.9 Å². The van der Waals surface area contributed by atoms with E-state index < -0.39 is 34.8 Å². The predicted molar refractivity (Wildman–Crippen MR) is 147 cm³/mol. The van der Waals surface area contributed by atoms with Crippen molar-refractivity contribution in [2.75, 3.05) is 13.2 Å². The molecule has 8 nitrogen and oxygen atoms in total. The summed E-state index contributed by atoms with van der Waals surface area (Å²) in [6.07, 6.45) is 3.98. The average Bonchev–Trinajstić information content (AvgIpc) is 3.26. The first kappa shape index (κ1) is 27.0. The lowest BCUT2D eigenvalue weighted by Gasteiger charge is -2.38. The number of carbonyl (C=O) groups is 3. The number of fused-ring (bicyclic) bond motifs is 3. The molecular formula is C31H38N2O6. The molecule has 1 aliphatic heterocycles. The summed E-state index contributed by atoms with van der Waals surface area (Å²) in [6, 6.07) is 16.1. The molecule has 1 saturated carbocycles. The maximum Gasteiger partial charge on any atom is 0.410 e. The minimum Gasteiger partial charge on any atom is -0.479 e. The fourth-order valence-corrected chi connectivity index (χ4v) is 6.67. The van der Waals surface area contributed by atoms with E-state index in [1.807, 2.05) is 36.4 Å². The van der Waals surface area contributed by atoms with Crippen LogP contribution in [0.25, 0.3) is 11.1 Å². The van der Waals surface area contributed by atoms with E-state index >= 15 is 0 Å². The zero-order chi connectivity index (χ0) is 27.8. The molecule has 0 bridgehead atoms. The molecule has 1 spiro atoms. The minimum atomic E-state index is -1.66. The van der Waals surface area contributed by atoms with Crippen LogP contribution in [-0.4, -0.2) is 58.0 Å². The molecule has 0 aromatic heterocycles. The standard InChI is InChI=1S/C31H38N2O6/c1-29(2,3)39-28(37)33-20-31(26(34)35,19-30(33)16-10-4-5-11-17-30)32-27(36)38-18-25-23-14-8-6-12-21(23)22-13-7-9-15-24(22)25/h6-9,12-15,25H,4-5,10-11,16-20H2,1-3H3,(H,32,36)(H,34,35). The van der Waals surface area contributed by atoms with E-state index in [0.29, 0.717) is 12.8 Å². The molecule has 0 radical (unpaired) electrons. The maximum absolute atomic E-state index is 13.3. The molecule has 8 heteroatoms. The minimum absolute atomic E-state index is 0.0798. The molecule has 2 N–H and O–H groups in total. The first-order valence-electron chi connectivity index (χ1n) is 13.9. The van der Waals surface area contributed by atoms with Gasteiger partial charge in [-0.15, -0.1) is 0 Å². The van der Waals surface area contributed by atoms with Crippen molar-refractivity contribution in [3.8, 4) is 11.1 Å². The third-order valence-electron chi connectivity index (χ3n) is 8.37. The molecule has 208 valence electrons. The van der Waals surface area contributed by atoms with Crippen LogP contribution >= 0.6 is 0 Å². The van der Waals surface area contributed by atoms with Gasteiger partial charge in [-0.25, -0.2) is 14.4 Å². The van der Waals surface area contributed by atoms with E-state index in [0.717, 1.165) is 47.9 Å². The SMILES string of the molecule is CC(C)(C)OC(=O)N1CC(NC(=O)OCC2c3ccccc3-c3ccccc32)(C(=O)O)CC12CCCCCC2. The van der Waals surface area contributed by atoms with E-state index in [-0.39, 0.29) is 25.5 Å². The van der Waals surface area contributed by atoms with Gasteiger partial charge in [-0.05, 0) is 55.9 Å². The molecule has 2 amide bonds. The third kappa shape index (κ3) is 5.21. The summed E-state index contributed by atoms with van der Waals surface area (Å²) in [4.78, 5) is 40.9. The molecule has 1 heterocycles. The summed E-state index contributed by atoms with van der Waals surface area (Å²) in [5.41, 5.74) is 1.31. The topological polar surface area (TPSA) is 105 Å². The Hall–Kier alpha value is -3.55. The molecule has 1 unspecified atom stereocenters. The number of benzene rings is 2. The monoisotopic (exact) mass is 534 g/mol. The molecule has 1 atom stereocenters. The van der Waals surface area contributed by atoms with Crippen LogP contribution in [0.15, 0.2) is 48.5 Å². The van der Waals surface area contributed by atoms with Crippen LogP contribution < -0.4 is 5.32 Å². The highest BCUT2D eigenvalue weighted by atomic mass is 16.6. The van der Waals surface area contributed by atoms with E-state index in [9.17, 15) is 19.5 Å². The number of likely N-dealkylation sites (tertiary alicyclic amines) is 1. The lowest BCUT2D eigenvalue weighted by molar-refractivity contribution is -0.144. The first-order valence-corrected chi connectivity index (χ1v) is 13.9. The van der Waals surface area contributed by atoms with Gasteiger partial charge in [0.1, 0.15) is 12.2 Å². The van der Waals surface area contributed by atoms with Gasteiger partial charge in [0.2, 0.25) is 0 Å². The second-order valence-electron chi connectivity index (χ2n) is 12.2. The lowest BCUT2D eigenvalue weighted by atomic mass is 9.82. The Morgan fingerprint density at radius 1 is 0.949 bits per heavy atom. The Labute approximate surface area is 229 Å². The lowest BCUT2D eigenvalue weighted by Crippen LogP contribution is -2.57. The van der Waals surface area contributed by atoms with Crippen molar-refractivity contribution in [2.45, 2.75) is 88.3 Å². The second-order valence-corrected chi connectivity index (χ2v) is 12.2. The zero-order valence-corrected chi connectivity index (χ0v) is 23.0. The van der Waals surface area contributed by atoms with E-state index in [4.69, 9.17) is 9.47 Å². The van der Waals surface area contributed by atoms with Crippen LogP contribution in [0.2, 0.25) is 0 Å². The van der Waals surface area contributed by atoms with Crippen LogP contribution in [-0.2, 0) is 14.3 Å². The molecule has 2 aromatic carbocycles. The predicted octanol–water partition coefficient (Wildman–Crippen LogP) is 6.08. The number of ether oxygens (including phenoxy) is 2. The quantitative estimate of drug-likeness (QED) is 0.492. The molecular weight excluding hydrogens is 496 g/mol. The number of alkyl carbamates (subject to hydrolysis) is 1. The number of nitrogens with zero attached hydrogens (tertiary/aromatic N) is 1. The van der Waals surface area contributed by atoms with Crippen molar-refractivity contribution >= 4 is 18.2 Å². The van der Waals surface area contributed by atoms with Gasteiger partial charge in [0, 0.05) is 17.9 Å². The van der Waals surface area contributed by atoms with E-state index in [1.54, 1.807) is 25.7 Å². The number of rotatable bonds is 4. The number of carboxylic acids is 1. The van der Waals surface area contributed by atoms with Crippen LogP contribution in [0, 0.1) is 0 Å². The van der Waals surface area contributed by atoms with Gasteiger partial charge in [-0.1, -0.05) is 74.2 Å².